The highest BCUT2D eigenvalue weighted by Crippen LogP contribution is 2.23. The smallest absolute Gasteiger partial charge is 0.0376 e. The van der Waals surface area contributed by atoms with Gasteiger partial charge in [-0.05, 0) is 29.0 Å². The van der Waals surface area contributed by atoms with Crippen LogP contribution in [-0.2, 0) is 13.0 Å². The van der Waals surface area contributed by atoms with Crippen LogP contribution in [0.15, 0.2) is 18.2 Å². The van der Waals surface area contributed by atoms with Gasteiger partial charge in [-0.25, -0.2) is 0 Å². The molecule has 0 spiro atoms. The topological polar surface area (TPSA) is 24.1 Å². The van der Waals surface area contributed by atoms with Crippen LogP contribution in [0.1, 0.15) is 31.9 Å². The molecule has 1 aromatic rings. The maximum Gasteiger partial charge on any atom is 0.0376 e. The first-order valence-corrected chi connectivity index (χ1v) is 6.11. The van der Waals surface area contributed by atoms with Gasteiger partial charge in [0.2, 0.25) is 0 Å². The fraction of sp³-hybridized carbons (Fsp3) is 0.571. The fourth-order valence-electron chi connectivity index (χ4n) is 2.03. The molecule has 0 aliphatic carbocycles. The lowest BCUT2D eigenvalue weighted by atomic mass is 9.97. The fourth-order valence-corrected chi connectivity index (χ4v) is 2.03. The van der Waals surface area contributed by atoms with Gasteiger partial charge in [-0.2, -0.15) is 0 Å². The summed E-state index contributed by atoms with van der Waals surface area (Å²) in [6.07, 6.45) is 1.17. The van der Waals surface area contributed by atoms with Crippen LogP contribution in [0.5, 0.6) is 0 Å². The van der Waals surface area contributed by atoms with Crippen molar-refractivity contribution in [2.24, 2.45) is 5.41 Å². The number of hydrogen-bond donors (Lipinski definition) is 2. The predicted octanol–water partition coefficient (Wildman–Crippen LogP) is 2.79. The molecule has 1 aliphatic heterocycles. The Morgan fingerprint density at radius 2 is 2.12 bits per heavy atom. The molecule has 2 rings (SSSR count). The zero-order valence-electron chi connectivity index (χ0n) is 10.6. The van der Waals surface area contributed by atoms with E-state index in [4.69, 9.17) is 0 Å². The molecule has 0 saturated heterocycles. The molecule has 0 atom stereocenters. The van der Waals surface area contributed by atoms with Gasteiger partial charge in [0, 0.05) is 25.3 Å². The van der Waals surface area contributed by atoms with E-state index in [1.54, 1.807) is 0 Å². The highest BCUT2D eigenvalue weighted by atomic mass is 14.9. The third-order valence-corrected chi connectivity index (χ3v) is 2.87. The SMILES string of the molecule is CC(C)(C)CNCc1ccc2c(c1)NCC2. The van der Waals surface area contributed by atoms with Crippen molar-refractivity contribution in [3.63, 3.8) is 0 Å². The van der Waals surface area contributed by atoms with Gasteiger partial charge < -0.3 is 10.6 Å². The van der Waals surface area contributed by atoms with E-state index in [1.807, 2.05) is 0 Å². The van der Waals surface area contributed by atoms with Gasteiger partial charge in [-0.1, -0.05) is 32.9 Å². The van der Waals surface area contributed by atoms with Crippen LogP contribution < -0.4 is 10.6 Å². The molecule has 2 N–H and O–H groups in total. The maximum atomic E-state index is 3.51. The second kappa shape index (κ2) is 4.46. The number of fused-ring (bicyclic) bond motifs is 1. The highest BCUT2D eigenvalue weighted by molar-refractivity contribution is 5.56. The normalized spacial score (nSPS) is 14.7. The van der Waals surface area contributed by atoms with E-state index < -0.39 is 0 Å². The number of nitrogens with one attached hydrogen (secondary N) is 2. The Hall–Kier alpha value is -1.02. The summed E-state index contributed by atoms with van der Waals surface area (Å²) in [4.78, 5) is 0. The molecule has 16 heavy (non-hydrogen) atoms. The van der Waals surface area contributed by atoms with E-state index in [2.05, 4.69) is 49.6 Å². The molecular formula is C14H22N2. The standard InChI is InChI=1S/C14H22N2/c1-14(2,3)10-15-9-11-4-5-12-6-7-16-13(12)8-11/h4-5,8,15-16H,6-7,9-10H2,1-3H3. The molecule has 2 heteroatoms. The van der Waals surface area contributed by atoms with E-state index in [1.165, 1.54) is 23.2 Å². The number of anilines is 1. The lowest BCUT2D eigenvalue weighted by Gasteiger charge is -2.18. The summed E-state index contributed by atoms with van der Waals surface area (Å²) in [5, 5.41) is 6.92. The van der Waals surface area contributed by atoms with E-state index in [-0.39, 0.29) is 0 Å². The predicted molar refractivity (Wildman–Crippen MR) is 69.8 cm³/mol. The largest absolute Gasteiger partial charge is 0.384 e. The minimum Gasteiger partial charge on any atom is -0.384 e. The van der Waals surface area contributed by atoms with Crippen LogP contribution in [0.25, 0.3) is 0 Å². The lowest BCUT2D eigenvalue weighted by Crippen LogP contribution is -2.26. The Balaban J connectivity index is 1.91. The molecule has 0 saturated carbocycles. The summed E-state index contributed by atoms with van der Waals surface area (Å²) in [6.45, 7) is 9.87. The van der Waals surface area contributed by atoms with Gasteiger partial charge >= 0.3 is 0 Å². The van der Waals surface area contributed by atoms with E-state index in [9.17, 15) is 0 Å². The molecular weight excluding hydrogens is 196 g/mol. The summed E-state index contributed by atoms with van der Waals surface area (Å²) in [5.41, 5.74) is 4.52. The summed E-state index contributed by atoms with van der Waals surface area (Å²) in [5.74, 6) is 0. The lowest BCUT2D eigenvalue weighted by molar-refractivity contribution is 0.379. The Morgan fingerprint density at radius 3 is 2.88 bits per heavy atom. The van der Waals surface area contributed by atoms with Gasteiger partial charge in [-0.15, -0.1) is 0 Å². The summed E-state index contributed by atoms with van der Waals surface area (Å²) < 4.78 is 0. The van der Waals surface area contributed by atoms with Gasteiger partial charge in [0.25, 0.3) is 0 Å². The zero-order chi connectivity index (χ0) is 11.6. The van der Waals surface area contributed by atoms with Crippen molar-refractivity contribution < 1.29 is 0 Å². The van der Waals surface area contributed by atoms with Crippen molar-refractivity contribution in [3.8, 4) is 0 Å². The Labute approximate surface area is 98.4 Å². The molecule has 1 heterocycles. The van der Waals surface area contributed by atoms with E-state index in [0.717, 1.165) is 19.6 Å². The van der Waals surface area contributed by atoms with Crippen LogP contribution in [0.3, 0.4) is 0 Å². The molecule has 0 bridgehead atoms. The first-order valence-electron chi connectivity index (χ1n) is 6.11. The van der Waals surface area contributed by atoms with Crippen LogP contribution >= 0.6 is 0 Å². The first kappa shape index (κ1) is 11.5. The van der Waals surface area contributed by atoms with Crippen molar-refractivity contribution in [2.45, 2.75) is 33.7 Å². The molecule has 0 aromatic heterocycles. The van der Waals surface area contributed by atoms with Crippen molar-refractivity contribution in [1.82, 2.24) is 5.32 Å². The van der Waals surface area contributed by atoms with E-state index >= 15 is 0 Å². The third kappa shape index (κ3) is 2.99. The molecule has 0 amide bonds. The molecule has 0 fully saturated rings. The average molecular weight is 218 g/mol. The molecule has 0 radical (unpaired) electrons. The van der Waals surface area contributed by atoms with Crippen molar-refractivity contribution in [2.75, 3.05) is 18.4 Å². The monoisotopic (exact) mass is 218 g/mol. The van der Waals surface area contributed by atoms with Gasteiger partial charge in [0.1, 0.15) is 0 Å². The molecule has 1 aliphatic rings. The summed E-state index contributed by atoms with van der Waals surface area (Å²) in [7, 11) is 0. The van der Waals surface area contributed by atoms with Crippen LogP contribution in [0.2, 0.25) is 0 Å². The average Bonchev–Trinajstić information content (AvgIpc) is 2.62. The van der Waals surface area contributed by atoms with Crippen molar-refractivity contribution >= 4 is 5.69 Å². The minimum atomic E-state index is 0.356. The van der Waals surface area contributed by atoms with E-state index in [0.29, 0.717) is 5.41 Å². The zero-order valence-corrected chi connectivity index (χ0v) is 10.6. The van der Waals surface area contributed by atoms with Crippen LogP contribution in [0.4, 0.5) is 5.69 Å². The van der Waals surface area contributed by atoms with Crippen LogP contribution in [-0.4, -0.2) is 13.1 Å². The number of rotatable bonds is 3. The summed E-state index contributed by atoms with van der Waals surface area (Å²) in [6, 6.07) is 6.77. The number of benzene rings is 1. The van der Waals surface area contributed by atoms with Gasteiger partial charge in [-0.3, -0.25) is 0 Å². The summed E-state index contributed by atoms with van der Waals surface area (Å²) >= 11 is 0. The maximum absolute atomic E-state index is 3.51. The minimum absolute atomic E-state index is 0.356. The Bertz CT molecular complexity index is 363. The second-order valence-corrected chi connectivity index (χ2v) is 5.83. The van der Waals surface area contributed by atoms with Crippen LogP contribution in [0, 0.1) is 5.41 Å². The second-order valence-electron chi connectivity index (χ2n) is 5.83. The number of hydrogen-bond acceptors (Lipinski definition) is 2. The highest BCUT2D eigenvalue weighted by Gasteiger charge is 2.11. The van der Waals surface area contributed by atoms with Crippen molar-refractivity contribution in [1.29, 1.82) is 0 Å². The Kier molecular flexibility index (Phi) is 3.20. The molecule has 1 aromatic carbocycles. The van der Waals surface area contributed by atoms with Gasteiger partial charge in [0.05, 0.1) is 0 Å². The molecule has 0 unspecified atom stereocenters. The quantitative estimate of drug-likeness (QED) is 0.815. The molecule has 2 nitrogen and oxygen atoms in total. The first-order chi connectivity index (χ1) is 7.54. The molecule has 88 valence electrons. The van der Waals surface area contributed by atoms with Gasteiger partial charge in [0.15, 0.2) is 0 Å². The Morgan fingerprint density at radius 1 is 1.31 bits per heavy atom. The van der Waals surface area contributed by atoms with Crippen molar-refractivity contribution in [3.05, 3.63) is 29.3 Å². The third-order valence-electron chi connectivity index (χ3n) is 2.87.